The fourth-order valence-electron chi connectivity index (χ4n) is 1.87. The van der Waals surface area contributed by atoms with Crippen molar-refractivity contribution >= 4 is 12.0 Å². The van der Waals surface area contributed by atoms with E-state index in [2.05, 4.69) is 18.5 Å². The molecule has 0 bridgehead atoms. The van der Waals surface area contributed by atoms with Crippen LogP contribution in [0.5, 0.6) is 0 Å². The Bertz CT molecular complexity index is 518. The highest BCUT2D eigenvalue weighted by molar-refractivity contribution is 5.87. The number of carboxylic acids is 1. The van der Waals surface area contributed by atoms with Crippen LogP contribution < -0.4 is 5.32 Å². The van der Waals surface area contributed by atoms with Crippen LogP contribution in [0.25, 0.3) is 0 Å². The number of carbonyl (C=O) groups is 2. The standard InChI is InChI=1S/C16H20N2O3/c1-4-11-18(12-5-2)15(21)17-16(3,14(19)20)13-9-7-6-8-10-13/h4-10H,1-2,11-12H2,3H3,(H,17,21)(H,19,20). The highest BCUT2D eigenvalue weighted by Crippen LogP contribution is 2.21. The van der Waals surface area contributed by atoms with Gasteiger partial charge in [0.1, 0.15) is 0 Å². The van der Waals surface area contributed by atoms with Crippen LogP contribution >= 0.6 is 0 Å². The number of rotatable bonds is 7. The molecular weight excluding hydrogens is 268 g/mol. The maximum atomic E-state index is 12.3. The maximum absolute atomic E-state index is 12.3. The minimum Gasteiger partial charge on any atom is -0.479 e. The van der Waals surface area contributed by atoms with Gasteiger partial charge in [0.25, 0.3) is 0 Å². The monoisotopic (exact) mass is 288 g/mol. The van der Waals surface area contributed by atoms with E-state index in [1.165, 1.54) is 11.8 Å². The van der Waals surface area contributed by atoms with Gasteiger partial charge in [0, 0.05) is 13.1 Å². The van der Waals surface area contributed by atoms with Gasteiger partial charge in [0.05, 0.1) is 0 Å². The van der Waals surface area contributed by atoms with E-state index in [-0.39, 0.29) is 0 Å². The van der Waals surface area contributed by atoms with Gasteiger partial charge in [-0.1, -0.05) is 42.5 Å². The average Bonchev–Trinajstić information content (AvgIpc) is 2.47. The molecule has 1 atom stereocenters. The molecule has 1 aromatic rings. The smallest absolute Gasteiger partial charge is 0.333 e. The van der Waals surface area contributed by atoms with Gasteiger partial charge in [-0.2, -0.15) is 0 Å². The first-order valence-corrected chi connectivity index (χ1v) is 6.53. The molecule has 0 saturated carbocycles. The number of hydrogen-bond acceptors (Lipinski definition) is 2. The molecule has 5 heteroatoms. The van der Waals surface area contributed by atoms with Crippen LogP contribution in [0.15, 0.2) is 55.6 Å². The van der Waals surface area contributed by atoms with E-state index in [0.717, 1.165) is 0 Å². The fraction of sp³-hybridized carbons (Fsp3) is 0.250. The van der Waals surface area contributed by atoms with Crippen LogP contribution in [0.3, 0.4) is 0 Å². The second kappa shape index (κ2) is 7.28. The van der Waals surface area contributed by atoms with Gasteiger partial charge < -0.3 is 15.3 Å². The molecule has 1 rings (SSSR count). The van der Waals surface area contributed by atoms with Crippen LogP contribution in [-0.4, -0.2) is 35.1 Å². The molecule has 2 N–H and O–H groups in total. The molecule has 0 fully saturated rings. The Morgan fingerprint density at radius 2 is 1.76 bits per heavy atom. The van der Waals surface area contributed by atoms with E-state index < -0.39 is 17.5 Å². The SMILES string of the molecule is C=CCN(CC=C)C(=O)NC(C)(C(=O)O)c1ccccc1. The van der Waals surface area contributed by atoms with Crippen LogP contribution in [-0.2, 0) is 10.3 Å². The van der Waals surface area contributed by atoms with E-state index >= 15 is 0 Å². The first-order chi connectivity index (χ1) is 9.95. The van der Waals surface area contributed by atoms with Crippen molar-refractivity contribution in [3.8, 4) is 0 Å². The minimum absolute atomic E-state index is 0.308. The summed E-state index contributed by atoms with van der Waals surface area (Å²) in [5, 5.41) is 12.1. The highest BCUT2D eigenvalue weighted by Gasteiger charge is 2.37. The molecule has 0 saturated heterocycles. The lowest BCUT2D eigenvalue weighted by atomic mass is 9.92. The summed E-state index contributed by atoms with van der Waals surface area (Å²) in [5.41, 5.74) is -0.998. The zero-order chi connectivity index (χ0) is 15.9. The molecule has 112 valence electrons. The topological polar surface area (TPSA) is 69.6 Å². The van der Waals surface area contributed by atoms with Crippen molar-refractivity contribution in [2.24, 2.45) is 0 Å². The van der Waals surface area contributed by atoms with Gasteiger partial charge in [0.2, 0.25) is 0 Å². The summed E-state index contributed by atoms with van der Waals surface area (Å²) in [5.74, 6) is -1.13. The summed E-state index contributed by atoms with van der Waals surface area (Å²) in [6.45, 7) is 9.24. The Morgan fingerprint density at radius 1 is 1.24 bits per heavy atom. The number of aliphatic carboxylic acids is 1. The number of carbonyl (C=O) groups excluding carboxylic acids is 1. The fourth-order valence-corrected chi connectivity index (χ4v) is 1.87. The lowest BCUT2D eigenvalue weighted by Crippen LogP contribution is -2.54. The van der Waals surface area contributed by atoms with Gasteiger partial charge in [-0.3, -0.25) is 0 Å². The number of benzene rings is 1. The molecule has 5 nitrogen and oxygen atoms in total. The van der Waals surface area contributed by atoms with Gasteiger partial charge in [-0.25, -0.2) is 9.59 Å². The van der Waals surface area contributed by atoms with Crippen molar-refractivity contribution < 1.29 is 14.7 Å². The van der Waals surface area contributed by atoms with Gasteiger partial charge >= 0.3 is 12.0 Å². The van der Waals surface area contributed by atoms with E-state index in [4.69, 9.17) is 0 Å². The molecule has 0 aromatic heterocycles. The number of nitrogens with zero attached hydrogens (tertiary/aromatic N) is 1. The van der Waals surface area contributed by atoms with Crippen molar-refractivity contribution in [2.75, 3.05) is 13.1 Å². The first kappa shape index (κ1) is 16.5. The maximum Gasteiger partial charge on any atom is 0.333 e. The Kier molecular flexibility index (Phi) is 5.72. The first-order valence-electron chi connectivity index (χ1n) is 6.53. The van der Waals surface area contributed by atoms with E-state index in [1.54, 1.807) is 42.5 Å². The third-order valence-electron chi connectivity index (χ3n) is 3.12. The van der Waals surface area contributed by atoms with Crippen LogP contribution in [0.1, 0.15) is 12.5 Å². The summed E-state index contributed by atoms with van der Waals surface area (Å²) in [6.07, 6.45) is 3.15. The summed E-state index contributed by atoms with van der Waals surface area (Å²) in [4.78, 5) is 25.3. The third kappa shape index (κ3) is 3.95. The number of carboxylic acid groups (broad SMARTS) is 1. The second-order valence-corrected chi connectivity index (χ2v) is 4.71. The molecule has 1 aromatic carbocycles. The summed E-state index contributed by atoms with van der Waals surface area (Å²) >= 11 is 0. The van der Waals surface area contributed by atoms with Crippen molar-refractivity contribution in [2.45, 2.75) is 12.5 Å². The molecule has 0 aliphatic rings. The third-order valence-corrected chi connectivity index (χ3v) is 3.12. The van der Waals surface area contributed by atoms with Gasteiger partial charge in [0.15, 0.2) is 5.54 Å². The summed E-state index contributed by atoms with van der Waals surface area (Å²) in [6, 6.07) is 8.10. The van der Waals surface area contributed by atoms with E-state index in [9.17, 15) is 14.7 Å². The van der Waals surface area contributed by atoms with Gasteiger partial charge in [-0.15, -0.1) is 13.2 Å². The molecule has 1 unspecified atom stereocenters. The van der Waals surface area contributed by atoms with E-state index in [1.807, 2.05) is 0 Å². The van der Waals surface area contributed by atoms with E-state index in [0.29, 0.717) is 18.7 Å². The molecule has 0 radical (unpaired) electrons. The Hall–Kier alpha value is -2.56. The predicted molar refractivity (Wildman–Crippen MR) is 81.9 cm³/mol. The number of hydrogen-bond donors (Lipinski definition) is 2. The summed E-state index contributed by atoms with van der Waals surface area (Å²) < 4.78 is 0. The lowest BCUT2D eigenvalue weighted by molar-refractivity contribution is -0.144. The highest BCUT2D eigenvalue weighted by atomic mass is 16.4. The van der Waals surface area contributed by atoms with Gasteiger partial charge in [-0.05, 0) is 12.5 Å². The molecule has 0 aliphatic heterocycles. The molecule has 2 amide bonds. The second-order valence-electron chi connectivity index (χ2n) is 4.71. The molecule has 0 heterocycles. The van der Waals surface area contributed by atoms with Crippen molar-refractivity contribution in [3.05, 3.63) is 61.2 Å². The van der Waals surface area contributed by atoms with Crippen LogP contribution in [0.4, 0.5) is 4.79 Å². The lowest BCUT2D eigenvalue weighted by Gasteiger charge is -2.30. The minimum atomic E-state index is -1.50. The Labute approximate surface area is 124 Å². The molecule has 21 heavy (non-hydrogen) atoms. The molecule has 0 aliphatic carbocycles. The largest absolute Gasteiger partial charge is 0.479 e. The van der Waals surface area contributed by atoms with Crippen molar-refractivity contribution in [1.29, 1.82) is 0 Å². The van der Waals surface area contributed by atoms with Crippen molar-refractivity contribution in [3.63, 3.8) is 0 Å². The van der Waals surface area contributed by atoms with Crippen LogP contribution in [0, 0.1) is 0 Å². The normalized spacial score (nSPS) is 12.8. The number of urea groups is 1. The zero-order valence-corrected chi connectivity index (χ0v) is 12.1. The number of nitrogens with one attached hydrogen (secondary N) is 1. The predicted octanol–water partition coefficient (Wildman–Crippen LogP) is 2.37. The number of amides is 2. The average molecular weight is 288 g/mol. The molecule has 0 spiro atoms. The Balaban J connectivity index is 3.03. The summed E-state index contributed by atoms with van der Waals surface area (Å²) in [7, 11) is 0. The van der Waals surface area contributed by atoms with Crippen LogP contribution in [0.2, 0.25) is 0 Å². The molecular formula is C16H20N2O3. The van der Waals surface area contributed by atoms with Crippen molar-refractivity contribution in [1.82, 2.24) is 10.2 Å². The quantitative estimate of drug-likeness (QED) is 0.757. The zero-order valence-electron chi connectivity index (χ0n) is 12.1. The Morgan fingerprint density at radius 3 is 2.19 bits per heavy atom.